The molecule has 1 heterocycles. The van der Waals surface area contributed by atoms with E-state index in [9.17, 15) is 9.59 Å². The van der Waals surface area contributed by atoms with E-state index in [1.807, 2.05) is 30.3 Å². The van der Waals surface area contributed by atoms with Crippen LogP contribution in [-0.2, 0) is 9.53 Å². The number of halogens is 1. The largest absolute Gasteiger partial charge is 0.447 e. The second-order valence-corrected chi connectivity index (χ2v) is 4.48. The molecule has 0 radical (unpaired) electrons. The zero-order valence-electron chi connectivity index (χ0n) is 9.58. The summed E-state index contributed by atoms with van der Waals surface area (Å²) in [6.45, 7) is 0.245. The first kappa shape index (κ1) is 12.8. The maximum absolute atomic E-state index is 11.9. The maximum Gasteiger partial charge on any atom is 0.417 e. The summed E-state index contributed by atoms with van der Waals surface area (Å²) in [5.41, 5.74) is 0.911. The molecule has 0 aliphatic carbocycles. The Balaban J connectivity index is 2.08. The third kappa shape index (κ3) is 2.79. The SMILES string of the molecule is O=C(/C=C/c1ccccc1)N1C(=O)OC[C@@H]1CBr. The molecule has 94 valence electrons. The van der Waals surface area contributed by atoms with Gasteiger partial charge in [0.2, 0.25) is 0 Å². The van der Waals surface area contributed by atoms with Crippen LogP contribution in [0.2, 0.25) is 0 Å². The van der Waals surface area contributed by atoms with Crippen LogP contribution in [0.1, 0.15) is 5.56 Å². The Morgan fingerprint density at radius 1 is 1.44 bits per heavy atom. The minimum absolute atomic E-state index is 0.231. The number of nitrogens with zero attached hydrogens (tertiary/aromatic N) is 1. The molecule has 4 nitrogen and oxygen atoms in total. The lowest BCUT2D eigenvalue weighted by molar-refractivity contribution is -0.123. The number of hydrogen-bond donors (Lipinski definition) is 0. The number of amides is 2. The highest BCUT2D eigenvalue weighted by atomic mass is 79.9. The molecule has 1 aromatic rings. The summed E-state index contributed by atoms with van der Waals surface area (Å²) in [4.78, 5) is 24.5. The number of cyclic esters (lactones) is 1. The molecule has 0 bridgehead atoms. The van der Waals surface area contributed by atoms with Gasteiger partial charge < -0.3 is 4.74 Å². The van der Waals surface area contributed by atoms with E-state index < -0.39 is 6.09 Å². The zero-order chi connectivity index (χ0) is 13.0. The first-order valence-corrected chi connectivity index (χ1v) is 6.63. The second kappa shape index (κ2) is 5.82. The van der Waals surface area contributed by atoms with Gasteiger partial charge in [-0.15, -0.1) is 0 Å². The Morgan fingerprint density at radius 2 is 2.17 bits per heavy atom. The van der Waals surface area contributed by atoms with Crippen molar-refractivity contribution in [2.24, 2.45) is 0 Å². The highest BCUT2D eigenvalue weighted by Gasteiger charge is 2.35. The van der Waals surface area contributed by atoms with Crippen molar-refractivity contribution in [2.45, 2.75) is 6.04 Å². The summed E-state index contributed by atoms with van der Waals surface area (Å²) in [5.74, 6) is -0.356. The van der Waals surface area contributed by atoms with Crippen molar-refractivity contribution >= 4 is 34.0 Å². The van der Waals surface area contributed by atoms with Crippen LogP contribution in [0.25, 0.3) is 6.08 Å². The molecule has 2 rings (SSSR count). The normalized spacial score (nSPS) is 19.3. The molecule has 18 heavy (non-hydrogen) atoms. The number of rotatable bonds is 3. The molecule has 1 aromatic carbocycles. The number of carbonyl (C=O) groups excluding carboxylic acids is 2. The van der Waals surface area contributed by atoms with Gasteiger partial charge in [0, 0.05) is 11.4 Å². The van der Waals surface area contributed by atoms with Gasteiger partial charge >= 0.3 is 6.09 Å². The summed E-state index contributed by atoms with van der Waals surface area (Å²) in [5, 5.41) is 0.518. The lowest BCUT2D eigenvalue weighted by Gasteiger charge is -2.15. The zero-order valence-corrected chi connectivity index (χ0v) is 11.2. The van der Waals surface area contributed by atoms with Crippen LogP contribution in [0, 0.1) is 0 Å². The van der Waals surface area contributed by atoms with Gasteiger partial charge in [0.05, 0.1) is 6.04 Å². The fourth-order valence-corrected chi connectivity index (χ4v) is 2.13. The van der Waals surface area contributed by atoms with Crippen LogP contribution < -0.4 is 0 Å². The van der Waals surface area contributed by atoms with Crippen LogP contribution in [0.15, 0.2) is 36.4 Å². The quantitative estimate of drug-likeness (QED) is 0.636. The van der Waals surface area contributed by atoms with Crippen molar-refractivity contribution in [1.29, 1.82) is 0 Å². The van der Waals surface area contributed by atoms with Crippen LogP contribution in [0.5, 0.6) is 0 Å². The van der Waals surface area contributed by atoms with E-state index in [0.717, 1.165) is 10.5 Å². The van der Waals surface area contributed by atoms with E-state index in [0.29, 0.717) is 5.33 Å². The van der Waals surface area contributed by atoms with Gasteiger partial charge in [0.15, 0.2) is 0 Å². The van der Waals surface area contributed by atoms with Crippen molar-refractivity contribution in [3.63, 3.8) is 0 Å². The lowest BCUT2D eigenvalue weighted by atomic mass is 10.2. The number of hydrogen-bond acceptors (Lipinski definition) is 3. The smallest absolute Gasteiger partial charge is 0.417 e. The number of carbonyl (C=O) groups is 2. The van der Waals surface area contributed by atoms with E-state index in [1.165, 1.54) is 6.08 Å². The first-order valence-electron chi connectivity index (χ1n) is 5.51. The molecule has 1 aliphatic heterocycles. The topological polar surface area (TPSA) is 46.6 Å². The maximum atomic E-state index is 11.9. The second-order valence-electron chi connectivity index (χ2n) is 3.84. The van der Waals surface area contributed by atoms with E-state index >= 15 is 0 Å². The molecule has 1 aliphatic rings. The van der Waals surface area contributed by atoms with Gasteiger partial charge in [-0.1, -0.05) is 46.3 Å². The van der Waals surface area contributed by atoms with Crippen LogP contribution >= 0.6 is 15.9 Å². The van der Waals surface area contributed by atoms with Gasteiger partial charge in [-0.05, 0) is 11.6 Å². The minimum Gasteiger partial charge on any atom is -0.447 e. The predicted octanol–water partition coefficient (Wildman–Crippen LogP) is 2.44. The molecule has 0 saturated carbocycles. The molecule has 1 saturated heterocycles. The number of imide groups is 1. The molecule has 0 aromatic heterocycles. The van der Waals surface area contributed by atoms with Crippen molar-refractivity contribution in [2.75, 3.05) is 11.9 Å². The molecule has 0 spiro atoms. The Labute approximate surface area is 113 Å². The van der Waals surface area contributed by atoms with Gasteiger partial charge in [-0.25, -0.2) is 9.69 Å². The summed E-state index contributed by atoms with van der Waals surface area (Å²) in [6, 6.07) is 9.20. The molecule has 0 N–H and O–H groups in total. The van der Waals surface area contributed by atoms with Crippen LogP contribution in [0.3, 0.4) is 0 Å². The van der Waals surface area contributed by atoms with Crippen LogP contribution in [-0.4, -0.2) is 34.9 Å². The number of alkyl halides is 1. The van der Waals surface area contributed by atoms with E-state index in [4.69, 9.17) is 4.74 Å². The summed E-state index contributed by atoms with van der Waals surface area (Å²) >= 11 is 3.26. The number of ether oxygens (including phenoxy) is 1. The highest BCUT2D eigenvalue weighted by Crippen LogP contribution is 2.15. The molecule has 2 amide bonds. The average Bonchev–Trinajstić information content (AvgIpc) is 2.78. The van der Waals surface area contributed by atoms with Gasteiger partial charge in [0.25, 0.3) is 5.91 Å². The standard InChI is InChI=1S/C13H12BrNO3/c14-8-11-9-18-13(17)15(11)12(16)7-6-10-4-2-1-3-5-10/h1-7,11H,8-9H2/b7-6+/t11-/m0/s1. The summed E-state index contributed by atoms with van der Waals surface area (Å²) in [7, 11) is 0. The van der Waals surface area contributed by atoms with Crippen molar-refractivity contribution in [1.82, 2.24) is 4.90 Å². The Morgan fingerprint density at radius 3 is 2.83 bits per heavy atom. The van der Waals surface area contributed by atoms with Crippen molar-refractivity contribution in [3.05, 3.63) is 42.0 Å². The Hall–Kier alpha value is -1.62. The summed E-state index contributed by atoms with van der Waals surface area (Å²) in [6.07, 6.45) is 2.48. The molecule has 1 fully saturated rings. The Kier molecular flexibility index (Phi) is 4.15. The lowest BCUT2D eigenvalue weighted by Crippen LogP contribution is -2.38. The predicted molar refractivity (Wildman–Crippen MR) is 71.3 cm³/mol. The highest BCUT2D eigenvalue weighted by molar-refractivity contribution is 9.09. The minimum atomic E-state index is -0.581. The van der Waals surface area contributed by atoms with Gasteiger partial charge in [-0.3, -0.25) is 4.79 Å². The van der Waals surface area contributed by atoms with E-state index in [-0.39, 0.29) is 18.6 Å². The average molecular weight is 310 g/mol. The third-order valence-corrected chi connectivity index (χ3v) is 3.34. The van der Waals surface area contributed by atoms with E-state index in [1.54, 1.807) is 6.08 Å². The monoisotopic (exact) mass is 309 g/mol. The van der Waals surface area contributed by atoms with E-state index in [2.05, 4.69) is 15.9 Å². The third-order valence-electron chi connectivity index (χ3n) is 2.59. The Bertz CT molecular complexity index is 472. The molecule has 0 unspecified atom stereocenters. The number of benzene rings is 1. The summed E-state index contributed by atoms with van der Waals surface area (Å²) < 4.78 is 4.84. The van der Waals surface area contributed by atoms with Crippen LogP contribution in [0.4, 0.5) is 4.79 Å². The molecular weight excluding hydrogens is 298 g/mol. The fraction of sp³-hybridized carbons (Fsp3) is 0.231. The first-order chi connectivity index (χ1) is 8.72. The molecule has 1 atom stereocenters. The molecule has 5 heteroatoms. The van der Waals surface area contributed by atoms with Gasteiger partial charge in [-0.2, -0.15) is 0 Å². The van der Waals surface area contributed by atoms with Crippen molar-refractivity contribution in [3.8, 4) is 0 Å². The van der Waals surface area contributed by atoms with Crippen molar-refractivity contribution < 1.29 is 14.3 Å². The fourth-order valence-electron chi connectivity index (χ4n) is 1.66. The molecular formula is C13H12BrNO3. The van der Waals surface area contributed by atoms with Gasteiger partial charge in [0.1, 0.15) is 6.61 Å².